The third-order valence-corrected chi connectivity index (χ3v) is 4.71. The minimum Gasteiger partial charge on any atom is -0.389 e. The summed E-state index contributed by atoms with van der Waals surface area (Å²) in [6.07, 6.45) is 4.69. The first-order valence-electron chi connectivity index (χ1n) is 6.97. The second-order valence-electron chi connectivity index (χ2n) is 6.87. The number of fused-ring (bicyclic) bond motifs is 1. The van der Waals surface area contributed by atoms with Gasteiger partial charge in [-0.1, -0.05) is 19.9 Å². The maximum absolute atomic E-state index is 10.3. The lowest BCUT2D eigenvalue weighted by atomic mass is 9.80. The largest absolute Gasteiger partial charge is 0.389 e. The smallest absolute Gasteiger partial charge is 0.0921 e. The van der Waals surface area contributed by atoms with E-state index in [-0.39, 0.29) is 17.1 Å². The summed E-state index contributed by atoms with van der Waals surface area (Å²) in [6.45, 7) is 8.19. The molecule has 1 fully saturated rings. The van der Waals surface area contributed by atoms with Crippen molar-refractivity contribution in [2.45, 2.75) is 77.3 Å². The molecule has 0 aromatic carbocycles. The maximum Gasteiger partial charge on any atom is 0.0921 e. The summed E-state index contributed by atoms with van der Waals surface area (Å²) >= 11 is 0. The zero-order chi connectivity index (χ0) is 13.6. The Morgan fingerprint density at radius 1 is 1.22 bits per heavy atom. The highest BCUT2D eigenvalue weighted by atomic mass is 16.6. The quantitative estimate of drug-likeness (QED) is 0.515. The molecule has 0 aromatic heterocycles. The highest BCUT2D eigenvalue weighted by Gasteiger charge is 2.52. The molecule has 2 rings (SSSR count). The molecule has 0 amide bonds. The Morgan fingerprint density at radius 3 is 2.56 bits per heavy atom. The van der Waals surface area contributed by atoms with E-state index in [0.29, 0.717) is 6.42 Å². The van der Waals surface area contributed by atoms with Crippen LogP contribution in [0.2, 0.25) is 0 Å². The first-order valence-corrected chi connectivity index (χ1v) is 6.97. The number of hydrogen-bond acceptors (Lipinski definition) is 3. The number of aliphatic hydroxyl groups excluding tert-OH is 2. The van der Waals surface area contributed by atoms with Crippen LogP contribution in [0.25, 0.3) is 0 Å². The Kier molecular flexibility index (Phi) is 3.60. The van der Waals surface area contributed by atoms with Crippen LogP contribution in [0.5, 0.6) is 0 Å². The van der Waals surface area contributed by atoms with Crippen molar-refractivity contribution in [1.82, 2.24) is 0 Å². The van der Waals surface area contributed by atoms with E-state index < -0.39 is 12.2 Å². The van der Waals surface area contributed by atoms with Crippen LogP contribution in [0, 0.1) is 5.41 Å². The summed E-state index contributed by atoms with van der Waals surface area (Å²) < 4.78 is 5.74. The van der Waals surface area contributed by atoms with E-state index in [1.54, 1.807) is 0 Å². The normalized spacial score (nSPS) is 44.6. The summed E-state index contributed by atoms with van der Waals surface area (Å²) in [5.41, 5.74) is 0.661. The Labute approximate surface area is 110 Å². The van der Waals surface area contributed by atoms with Crippen molar-refractivity contribution in [2.24, 2.45) is 5.41 Å². The van der Waals surface area contributed by atoms with E-state index in [1.165, 1.54) is 0 Å². The van der Waals surface area contributed by atoms with Gasteiger partial charge in [0.05, 0.1) is 23.9 Å². The zero-order valence-electron chi connectivity index (χ0n) is 11.9. The van der Waals surface area contributed by atoms with Crippen LogP contribution in [-0.4, -0.2) is 34.1 Å². The first kappa shape index (κ1) is 14.0. The lowest BCUT2D eigenvalue weighted by molar-refractivity contribution is 0.0768. The van der Waals surface area contributed by atoms with E-state index in [2.05, 4.69) is 20.8 Å². The van der Waals surface area contributed by atoms with Crippen LogP contribution in [0.15, 0.2) is 11.6 Å². The fraction of sp³-hybridized carbons (Fsp3) is 0.867. The summed E-state index contributed by atoms with van der Waals surface area (Å²) in [7, 11) is 0. The zero-order valence-corrected chi connectivity index (χ0v) is 11.9. The SMILES string of the molecule is CC1=CC(O)C(C)(C)CCCC2(C)OC2CC1O. The molecule has 0 bridgehead atoms. The van der Waals surface area contributed by atoms with Crippen LogP contribution in [-0.2, 0) is 4.74 Å². The molecule has 0 spiro atoms. The fourth-order valence-corrected chi connectivity index (χ4v) is 2.83. The van der Waals surface area contributed by atoms with Gasteiger partial charge in [0.25, 0.3) is 0 Å². The summed E-state index contributed by atoms with van der Waals surface area (Å²) in [4.78, 5) is 0. The van der Waals surface area contributed by atoms with Crippen molar-refractivity contribution in [1.29, 1.82) is 0 Å². The molecule has 0 aromatic rings. The molecule has 3 heteroatoms. The van der Waals surface area contributed by atoms with Gasteiger partial charge in [0.2, 0.25) is 0 Å². The maximum atomic E-state index is 10.3. The topological polar surface area (TPSA) is 53.0 Å². The third-order valence-electron chi connectivity index (χ3n) is 4.71. The second kappa shape index (κ2) is 4.62. The highest BCUT2D eigenvalue weighted by molar-refractivity contribution is 5.13. The molecule has 18 heavy (non-hydrogen) atoms. The summed E-state index contributed by atoms with van der Waals surface area (Å²) in [5.74, 6) is 0. The standard InChI is InChI=1S/C15H26O3/c1-10-8-12(17)14(2,3)6-5-7-15(4)13(18-15)9-11(10)16/h8,11-13,16-17H,5-7,9H2,1-4H3. The van der Waals surface area contributed by atoms with Gasteiger partial charge in [-0.05, 0) is 44.1 Å². The molecule has 4 unspecified atom stereocenters. The van der Waals surface area contributed by atoms with Crippen LogP contribution < -0.4 is 0 Å². The van der Waals surface area contributed by atoms with Gasteiger partial charge in [0.1, 0.15) is 0 Å². The molecular weight excluding hydrogens is 228 g/mol. The van der Waals surface area contributed by atoms with Crippen molar-refractivity contribution in [3.8, 4) is 0 Å². The Balaban J connectivity index is 2.17. The summed E-state index contributed by atoms with van der Waals surface area (Å²) in [6, 6.07) is 0. The monoisotopic (exact) mass is 254 g/mol. The predicted molar refractivity (Wildman–Crippen MR) is 71.3 cm³/mol. The Hall–Kier alpha value is -0.380. The molecular formula is C15H26O3. The number of aliphatic hydroxyl groups is 2. The van der Waals surface area contributed by atoms with Crippen LogP contribution in [0.1, 0.15) is 53.4 Å². The van der Waals surface area contributed by atoms with Crippen molar-refractivity contribution in [3.05, 3.63) is 11.6 Å². The van der Waals surface area contributed by atoms with Gasteiger partial charge < -0.3 is 14.9 Å². The molecule has 1 heterocycles. The van der Waals surface area contributed by atoms with Crippen LogP contribution in [0.4, 0.5) is 0 Å². The average Bonchev–Trinajstić information content (AvgIpc) is 2.87. The van der Waals surface area contributed by atoms with E-state index in [0.717, 1.165) is 24.8 Å². The average molecular weight is 254 g/mol. The Morgan fingerprint density at radius 2 is 1.89 bits per heavy atom. The molecule has 2 aliphatic rings. The van der Waals surface area contributed by atoms with E-state index in [4.69, 9.17) is 4.74 Å². The lowest BCUT2D eigenvalue weighted by Crippen LogP contribution is -2.28. The third kappa shape index (κ3) is 2.79. The van der Waals surface area contributed by atoms with Gasteiger partial charge in [0, 0.05) is 6.42 Å². The summed E-state index contributed by atoms with van der Waals surface area (Å²) in [5, 5.41) is 20.4. The van der Waals surface area contributed by atoms with Gasteiger partial charge in [-0.25, -0.2) is 0 Å². The lowest BCUT2D eigenvalue weighted by Gasteiger charge is -2.29. The first-order chi connectivity index (χ1) is 8.24. The predicted octanol–water partition coefficient (Wildman–Crippen LogP) is 2.41. The number of rotatable bonds is 0. The van der Waals surface area contributed by atoms with E-state index >= 15 is 0 Å². The fourth-order valence-electron chi connectivity index (χ4n) is 2.83. The number of hydrogen-bond donors (Lipinski definition) is 2. The van der Waals surface area contributed by atoms with Crippen molar-refractivity contribution < 1.29 is 14.9 Å². The molecule has 1 saturated heterocycles. The van der Waals surface area contributed by atoms with E-state index in [1.807, 2.05) is 13.0 Å². The minimum atomic E-state index is -0.500. The van der Waals surface area contributed by atoms with Crippen molar-refractivity contribution in [3.63, 3.8) is 0 Å². The van der Waals surface area contributed by atoms with Crippen molar-refractivity contribution >= 4 is 0 Å². The number of ether oxygens (including phenoxy) is 1. The molecule has 1 aliphatic heterocycles. The van der Waals surface area contributed by atoms with Crippen LogP contribution >= 0.6 is 0 Å². The van der Waals surface area contributed by atoms with Gasteiger partial charge in [-0.15, -0.1) is 0 Å². The molecule has 104 valence electrons. The van der Waals surface area contributed by atoms with E-state index in [9.17, 15) is 10.2 Å². The van der Waals surface area contributed by atoms with Gasteiger partial charge in [-0.2, -0.15) is 0 Å². The highest BCUT2D eigenvalue weighted by Crippen LogP contribution is 2.45. The molecule has 0 radical (unpaired) electrons. The number of epoxide rings is 1. The van der Waals surface area contributed by atoms with Crippen LogP contribution in [0.3, 0.4) is 0 Å². The van der Waals surface area contributed by atoms with Gasteiger partial charge in [-0.3, -0.25) is 0 Å². The molecule has 4 atom stereocenters. The molecule has 2 N–H and O–H groups in total. The minimum absolute atomic E-state index is 0.0490. The van der Waals surface area contributed by atoms with Gasteiger partial charge >= 0.3 is 0 Å². The van der Waals surface area contributed by atoms with Gasteiger partial charge in [0.15, 0.2) is 0 Å². The molecule has 1 aliphatic carbocycles. The Bertz CT molecular complexity index is 348. The molecule has 0 saturated carbocycles. The van der Waals surface area contributed by atoms with Crippen molar-refractivity contribution in [2.75, 3.05) is 0 Å². The second-order valence-corrected chi connectivity index (χ2v) is 6.87. The molecule has 3 nitrogen and oxygen atoms in total.